The second kappa shape index (κ2) is 4.87. The lowest BCUT2D eigenvalue weighted by Gasteiger charge is -1.98. The van der Waals surface area contributed by atoms with Crippen molar-refractivity contribution in [3.63, 3.8) is 0 Å². The number of nitrogens with one attached hydrogen (secondary N) is 1. The molecular formula is C12H13N3. The van der Waals surface area contributed by atoms with Gasteiger partial charge in [-0.2, -0.15) is 0 Å². The van der Waals surface area contributed by atoms with E-state index in [1.807, 2.05) is 30.3 Å². The molecule has 0 saturated carbocycles. The van der Waals surface area contributed by atoms with Crippen molar-refractivity contribution in [3.05, 3.63) is 47.2 Å². The van der Waals surface area contributed by atoms with Gasteiger partial charge in [-0.3, -0.25) is 5.41 Å². The molecule has 0 radical (unpaired) electrons. The third-order valence-electron chi connectivity index (χ3n) is 1.77. The lowest BCUT2D eigenvalue weighted by molar-refractivity contribution is 1.28. The average Bonchev–Trinajstić information content (AvgIpc) is 2.18. The normalized spacial score (nSPS) is 11.0. The van der Waals surface area contributed by atoms with Crippen LogP contribution in [0.5, 0.6) is 0 Å². The summed E-state index contributed by atoms with van der Waals surface area (Å²) >= 11 is 0. The minimum Gasteiger partial charge on any atom is -0.401 e. The second-order valence-corrected chi connectivity index (χ2v) is 3.09. The predicted octanol–water partition coefficient (Wildman–Crippen LogP) is 1.21. The number of benzene rings is 1. The van der Waals surface area contributed by atoms with Crippen LogP contribution in [-0.2, 0) is 0 Å². The van der Waals surface area contributed by atoms with Crippen LogP contribution in [0.1, 0.15) is 12.5 Å². The Kier molecular flexibility index (Phi) is 3.53. The van der Waals surface area contributed by atoms with E-state index in [9.17, 15) is 0 Å². The second-order valence-electron chi connectivity index (χ2n) is 3.09. The number of nitrogens with two attached hydrogens (primary N) is 2. The highest BCUT2D eigenvalue weighted by atomic mass is 14.7. The van der Waals surface area contributed by atoms with Gasteiger partial charge in [0.1, 0.15) is 5.84 Å². The van der Waals surface area contributed by atoms with Gasteiger partial charge in [-0.05, 0) is 19.1 Å². The van der Waals surface area contributed by atoms with Crippen molar-refractivity contribution >= 4 is 5.84 Å². The molecule has 0 aromatic heterocycles. The number of hydrogen-bond acceptors (Lipinski definition) is 2. The highest BCUT2D eigenvalue weighted by Crippen LogP contribution is 1.99. The molecule has 0 atom stereocenters. The molecule has 3 heteroatoms. The van der Waals surface area contributed by atoms with E-state index in [2.05, 4.69) is 11.8 Å². The molecule has 1 rings (SSSR count). The Hall–Kier alpha value is -2.21. The number of allylic oxidation sites excluding steroid dienone is 1. The third kappa shape index (κ3) is 3.20. The van der Waals surface area contributed by atoms with E-state index in [0.717, 1.165) is 5.56 Å². The molecule has 0 aliphatic heterocycles. The fourth-order valence-electron chi connectivity index (χ4n) is 1.03. The van der Waals surface area contributed by atoms with Gasteiger partial charge in [0, 0.05) is 11.3 Å². The molecule has 0 aliphatic rings. The smallest absolute Gasteiger partial charge is 0.133 e. The maximum absolute atomic E-state index is 7.29. The van der Waals surface area contributed by atoms with E-state index < -0.39 is 0 Å². The number of amidine groups is 1. The van der Waals surface area contributed by atoms with Gasteiger partial charge in [0.15, 0.2) is 0 Å². The maximum atomic E-state index is 7.29. The fourth-order valence-corrected chi connectivity index (χ4v) is 1.03. The van der Waals surface area contributed by atoms with Crippen LogP contribution < -0.4 is 11.5 Å². The van der Waals surface area contributed by atoms with Crippen molar-refractivity contribution in [2.75, 3.05) is 0 Å². The zero-order valence-electron chi connectivity index (χ0n) is 8.54. The fraction of sp³-hybridized carbons (Fsp3) is 0.0833. The topological polar surface area (TPSA) is 75.9 Å². The maximum Gasteiger partial charge on any atom is 0.133 e. The average molecular weight is 199 g/mol. The number of rotatable bonds is 1. The van der Waals surface area contributed by atoms with Gasteiger partial charge in [-0.25, -0.2) is 0 Å². The van der Waals surface area contributed by atoms with Crippen LogP contribution >= 0.6 is 0 Å². The van der Waals surface area contributed by atoms with Crippen molar-refractivity contribution in [2.45, 2.75) is 6.92 Å². The van der Waals surface area contributed by atoms with Crippen molar-refractivity contribution in [2.24, 2.45) is 11.5 Å². The van der Waals surface area contributed by atoms with E-state index in [0.29, 0.717) is 11.3 Å². The first-order chi connectivity index (χ1) is 7.11. The summed E-state index contributed by atoms with van der Waals surface area (Å²) in [5.74, 6) is 5.59. The quantitative estimate of drug-likeness (QED) is 0.361. The molecule has 76 valence electrons. The highest BCUT2D eigenvalue weighted by Gasteiger charge is 1.98. The van der Waals surface area contributed by atoms with E-state index in [4.69, 9.17) is 16.9 Å². The molecule has 0 heterocycles. The summed E-state index contributed by atoms with van der Waals surface area (Å²) in [6.07, 6.45) is 0. The van der Waals surface area contributed by atoms with E-state index in [-0.39, 0.29) is 5.84 Å². The van der Waals surface area contributed by atoms with Crippen LogP contribution in [0, 0.1) is 17.3 Å². The lowest BCUT2D eigenvalue weighted by atomic mass is 10.1. The van der Waals surface area contributed by atoms with Crippen LogP contribution in [0.15, 0.2) is 41.6 Å². The lowest BCUT2D eigenvalue weighted by Crippen LogP contribution is -2.15. The van der Waals surface area contributed by atoms with Crippen molar-refractivity contribution in [1.29, 1.82) is 5.41 Å². The van der Waals surface area contributed by atoms with Crippen LogP contribution in [0.4, 0.5) is 0 Å². The number of hydrogen-bond donors (Lipinski definition) is 3. The molecule has 0 amide bonds. The Morgan fingerprint density at radius 3 is 2.27 bits per heavy atom. The SMILES string of the molecule is CC(N)=C(C#Cc1ccccc1)C(=N)N. The van der Waals surface area contributed by atoms with Crippen LogP contribution in [0.3, 0.4) is 0 Å². The Labute approximate surface area is 89.3 Å². The summed E-state index contributed by atoms with van der Waals surface area (Å²) in [7, 11) is 0. The molecule has 0 bridgehead atoms. The standard InChI is InChI=1S/C12H13N3/c1-9(13)11(12(14)15)8-7-10-5-3-2-4-6-10/h2-6H,13H2,1H3,(H3,14,15). The first-order valence-electron chi connectivity index (χ1n) is 4.49. The van der Waals surface area contributed by atoms with Gasteiger partial charge < -0.3 is 11.5 Å². The first-order valence-corrected chi connectivity index (χ1v) is 4.49. The van der Waals surface area contributed by atoms with Gasteiger partial charge in [0.05, 0.1) is 5.57 Å². The molecule has 0 unspecified atom stereocenters. The van der Waals surface area contributed by atoms with Crippen LogP contribution in [0.2, 0.25) is 0 Å². The molecule has 0 aliphatic carbocycles. The van der Waals surface area contributed by atoms with Gasteiger partial charge >= 0.3 is 0 Å². The highest BCUT2D eigenvalue weighted by molar-refractivity contribution is 5.99. The summed E-state index contributed by atoms with van der Waals surface area (Å²) in [6.45, 7) is 1.68. The van der Waals surface area contributed by atoms with Crippen molar-refractivity contribution in [3.8, 4) is 11.8 Å². The van der Waals surface area contributed by atoms with E-state index in [1.54, 1.807) is 6.92 Å². The molecule has 0 spiro atoms. The largest absolute Gasteiger partial charge is 0.401 e. The van der Waals surface area contributed by atoms with Gasteiger partial charge in [-0.15, -0.1) is 0 Å². The minimum atomic E-state index is -0.0987. The van der Waals surface area contributed by atoms with Crippen molar-refractivity contribution in [1.82, 2.24) is 0 Å². The van der Waals surface area contributed by atoms with Crippen LogP contribution in [-0.4, -0.2) is 5.84 Å². The monoisotopic (exact) mass is 199 g/mol. The summed E-state index contributed by atoms with van der Waals surface area (Å²) < 4.78 is 0. The molecule has 15 heavy (non-hydrogen) atoms. The molecular weight excluding hydrogens is 186 g/mol. The van der Waals surface area contributed by atoms with Crippen LogP contribution in [0.25, 0.3) is 0 Å². The summed E-state index contributed by atoms with van der Waals surface area (Å²) in [4.78, 5) is 0. The molecule has 3 nitrogen and oxygen atoms in total. The van der Waals surface area contributed by atoms with Crippen molar-refractivity contribution < 1.29 is 0 Å². The summed E-state index contributed by atoms with van der Waals surface area (Å²) in [6, 6.07) is 9.49. The summed E-state index contributed by atoms with van der Waals surface area (Å²) in [5, 5.41) is 7.29. The summed E-state index contributed by atoms with van der Waals surface area (Å²) in [5.41, 5.74) is 12.6. The first kappa shape index (κ1) is 10.9. The van der Waals surface area contributed by atoms with E-state index >= 15 is 0 Å². The van der Waals surface area contributed by atoms with E-state index in [1.165, 1.54) is 0 Å². The minimum absolute atomic E-state index is 0.0987. The predicted molar refractivity (Wildman–Crippen MR) is 62.1 cm³/mol. The molecule has 5 N–H and O–H groups in total. The van der Waals surface area contributed by atoms with Gasteiger partial charge in [0.2, 0.25) is 0 Å². The molecule has 1 aromatic carbocycles. The Morgan fingerprint density at radius 2 is 1.80 bits per heavy atom. The van der Waals surface area contributed by atoms with Gasteiger partial charge in [-0.1, -0.05) is 30.0 Å². The molecule has 0 saturated heterocycles. The van der Waals surface area contributed by atoms with Gasteiger partial charge in [0.25, 0.3) is 0 Å². The Morgan fingerprint density at radius 1 is 1.20 bits per heavy atom. The Balaban J connectivity index is 3.00. The third-order valence-corrected chi connectivity index (χ3v) is 1.77. The zero-order chi connectivity index (χ0) is 11.3. The molecule has 1 aromatic rings. The molecule has 0 fully saturated rings. The zero-order valence-corrected chi connectivity index (χ0v) is 8.54. The Bertz CT molecular complexity index is 443.